The first-order chi connectivity index (χ1) is 11.7. The Morgan fingerprint density at radius 1 is 1.38 bits per heavy atom. The van der Waals surface area contributed by atoms with E-state index in [1.54, 1.807) is 36.7 Å². The lowest BCUT2D eigenvalue weighted by molar-refractivity contribution is -0.134. The Hall–Kier alpha value is -2.56. The van der Waals surface area contributed by atoms with Crippen molar-refractivity contribution in [2.45, 2.75) is 19.4 Å². The topological polar surface area (TPSA) is 99.7 Å². The Labute approximate surface area is 140 Å². The maximum absolute atomic E-state index is 12.3. The molecule has 0 aromatic heterocycles. The minimum atomic E-state index is -0.484. The molecule has 1 saturated heterocycles. The van der Waals surface area contributed by atoms with Gasteiger partial charge in [-0.2, -0.15) is 0 Å². The van der Waals surface area contributed by atoms with E-state index in [4.69, 9.17) is 9.94 Å². The summed E-state index contributed by atoms with van der Waals surface area (Å²) >= 11 is 0. The van der Waals surface area contributed by atoms with E-state index in [1.165, 1.54) is 0 Å². The van der Waals surface area contributed by atoms with Crippen LogP contribution >= 0.6 is 0 Å². The Bertz CT molecular complexity index is 633. The van der Waals surface area contributed by atoms with Crippen molar-refractivity contribution in [3.8, 4) is 17.6 Å². The normalized spacial score (nSPS) is 19.6. The molecule has 0 bridgehead atoms. The van der Waals surface area contributed by atoms with Crippen LogP contribution in [0.2, 0.25) is 0 Å². The molecule has 1 aliphatic heterocycles. The van der Waals surface area contributed by atoms with Crippen LogP contribution in [0.1, 0.15) is 23.7 Å². The van der Waals surface area contributed by atoms with E-state index in [-0.39, 0.29) is 11.9 Å². The standard InChI is InChI=1S/C17H21N3O4/c1-2-3-10-24-13-6-4-12(5-7-13)16(21)19-15-11-18-9-8-14(15)17(22)20-23/h4-7,14-15,18,23H,8-11H2,1H3,(H,19,21)(H,20,22)/t14-,15+/m0/s1. The van der Waals surface area contributed by atoms with Crippen molar-refractivity contribution in [1.82, 2.24) is 16.1 Å². The molecule has 0 saturated carbocycles. The molecule has 0 spiro atoms. The molecule has 1 fully saturated rings. The molecule has 1 aliphatic rings. The minimum absolute atomic E-state index is 0.278. The molecule has 1 heterocycles. The van der Waals surface area contributed by atoms with Crippen LogP contribution in [0.4, 0.5) is 0 Å². The predicted octanol–water partition coefficient (Wildman–Crippen LogP) is 0.302. The molecule has 128 valence electrons. The van der Waals surface area contributed by atoms with Gasteiger partial charge in [-0.05, 0) is 44.2 Å². The van der Waals surface area contributed by atoms with Crippen molar-refractivity contribution in [2.75, 3.05) is 19.7 Å². The van der Waals surface area contributed by atoms with Crippen LogP contribution < -0.4 is 20.9 Å². The molecule has 0 unspecified atom stereocenters. The van der Waals surface area contributed by atoms with Gasteiger partial charge in [0.15, 0.2) is 0 Å². The molecule has 2 rings (SSSR count). The summed E-state index contributed by atoms with van der Waals surface area (Å²) in [5, 5.41) is 14.8. The summed E-state index contributed by atoms with van der Waals surface area (Å²) in [6.07, 6.45) is 0.544. The Morgan fingerprint density at radius 2 is 2.12 bits per heavy atom. The second kappa shape index (κ2) is 8.91. The predicted molar refractivity (Wildman–Crippen MR) is 87.5 cm³/mol. The third-order valence-electron chi connectivity index (χ3n) is 3.85. The number of nitrogens with one attached hydrogen (secondary N) is 3. The Morgan fingerprint density at radius 3 is 2.79 bits per heavy atom. The molecule has 0 aliphatic carbocycles. The fourth-order valence-electron chi connectivity index (χ4n) is 2.55. The van der Waals surface area contributed by atoms with E-state index < -0.39 is 11.8 Å². The van der Waals surface area contributed by atoms with Crippen LogP contribution in [-0.2, 0) is 4.79 Å². The van der Waals surface area contributed by atoms with Gasteiger partial charge in [-0.15, -0.1) is 5.92 Å². The lowest BCUT2D eigenvalue weighted by Crippen LogP contribution is -2.55. The van der Waals surface area contributed by atoms with Crippen LogP contribution in [-0.4, -0.2) is 42.8 Å². The third kappa shape index (κ3) is 4.72. The van der Waals surface area contributed by atoms with E-state index in [2.05, 4.69) is 22.5 Å². The first kappa shape index (κ1) is 17.8. The van der Waals surface area contributed by atoms with E-state index in [9.17, 15) is 9.59 Å². The number of hydroxylamine groups is 1. The van der Waals surface area contributed by atoms with E-state index >= 15 is 0 Å². The summed E-state index contributed by atoms with van der Waals surface area (Å²) in [7, 11) is 0. The maximum atomic E-state index is 12.3. The highest BCUT2D eigenvalue weighted by atomic mass is 16.5. The van der Waals surface area contributed by atoms with Crippen molar-refractivity contribution in [1.29, 1.82) is 0 Å². The Kier molecular flexibility index (Phi) is 6.61. The van der Waals surface area contributed by atoms with Crippen LogP contribution in [0.3, 0.4) is 0 Å². The molecule has 1 aromatic rings. The highest BCUT2D eigenvalue weighted by Crippen LogP contribution is 2.15. The third-order valence-corrected chi connectivity index (χ3v) is 3.85. The average molecular weight is 331 g/mol. The van der Waals surface area contributed by atoms with Crippen LogP contribution in [0.25, 0.3) is 0 Å². The zero-order valence-electron chi connectivity index (χ0n) is 13.5. The van der Waals surface area contributed by atoms with Gasteiger partial charge >= 0.3 is 0 Å². The number of rotatable bonds is 5. The fourth-order valence-corrected chi connectivity index (χ4v) is 2.55. The molecule has 24 heavy (non-hydrogen) atoms. The van der Waals surface area contributed by atoms with Gasteiger partial charge in [0.05, 0.1) is 12.0 Å². The lowest BCUT2D eigenvalue weighted by Gasteiger charge is -2.31. The number of piperidine rings is 1. The van der Waals surface area contributed by atoms with Gasteiger partial charge in [-0.1, -0.05) is 5.92 Å². The van der Waals surface area contributed by atoms with Gasteiger partial charge in [-0.3, -0.25) is 14.8 Å². The minimum Gasteiger partial charge on any atom is -0.481 e. The van der Waals surface area contributed by atoms with Crippen molar-refractivity contribution in [3.05, 3.63) is 29.8 Å². The molecule has 2 amide bonds. The number of carbonyl (C=O) groups excluding carboxylic acids is 2. The molecule has 7 heteroatoms. The summed E-state index contributed by atoms with van der Waals surface area (Å²) in [6, 6.07) is 6.32. The number of ether oxygens (including phenoxy) is 1. The summed E-state index contributed by atoms with van der Waals surface area (Å²) < 4.78 is 5.40. The lowest BCUT2D eigenvalue weighted by atomic mass is 9.91. The van der Waals surface area contributed by atoms with Crippen LogP contribution in [0.15, 0.2) is 24.3 Å². The van der Waals surface area contributed by atoms with E-state index in [0.29, 0.717) is 37.4 Å². The zero-order valence-corrected chi connectivity index (χ0v) is 13.5. The van der Waals surface area contributed by atoms with E-state index in [1.807, 2.05) is 0 Å². The average Bonchev–Trinajstić information content (AvgIpc) is 2.62. The molecule has 0 radical (unpaired) electrons. The van der Waals surface area contributed by atoms with Gasteiger partial charge < -0.3 is 15.4 Å². The number of benzene rings is 1. The highest BCUT2D eigenvalue weighted by Gasteiger charge is 2.32. The SMILES string of the molecule is CC#CCOc1ccc(C(=O)N[C@@H]2CNCC[C@@H]2C(=O)NO)cc1. The smallest absolute Gasteiger partial charge is 0.251 e. The van der Waals surface area contributed by atoms with Gasteiger partial charge in [0.25, 0.3) is 5.91 Å². The molecule has 1 aromatic carbocycles. The van der Waals surface area contributed by atoms with Crippen LogP contribution in [0.5, 0.6) is 5.75 Å². The molecular weight excluding hydrogens is 310 g/mol. The number of hydrogen-bond acceptors (Lipinski definition) is 5. The molecule has 7 nitrogen and oxygen atoms in total. The Balaban J connectivity index is 1.97. The quantitative estimate of drug-likeness (QED) is 0.353. The monoisotopic (exact) mass is 331 g/mol. The van der Waals surface area contributed by atoms with Gasteiger partial charge in [-0.25, -0.2) is 5.48 Å². The molecule has 4 N–H and O–H groups in total. The second-order valence-corrected chi connectivity index (χ2v) is 5.40. The van der Waals surface area contributed by atoms with Crippen molar-refractivity contribution < 1.29 is 19.5 Å². The second-order valence-electron chi connectivity index (χ2n) is 5.40. The largest absolute Gasteiger partial charge is 0.481 e. The zero-order chi connectivity index (χ0) is 17.4. The van der Waals surface area contributed by atoms with Gasteiger partial charge in [0.1, 0.15) is 12.4 Å². The fraction of sp³-hybridized carbons (Fsp3) is 0.412. The number of hydrogen-bond donors (Lipinski definition) is 4. The molecule has 2 atom stereocenters. The van der Waals surface area contributed by atoms with Crippen molar-refractivity contribution >= 4 is 11.8 Å². The number of carbonyl (C=O) groups is 2. The summed E-state index contributed by atoms with van der Waals surface area (Å²) in [4.78, 5) is 24.0. The summed E-state index contributed by atoms with van der Waals surface area (Å²) in [6.45, 7) is 3.17. The maximum Gasteiger partial charge on any atom is 0.251 e. The first-order valence-electron chi connectivity index (χ1n) is 7.73. The summed E-state index contributed by atoms with van der Waals surface area (Å²) in [5.74, 6) is 4.93. The van der Waals surface area contributed by atoms with Gasteiger partial charge in [0, 0.05) is 12.1 Å². The van der Waals surface area contributed by atoms with Crippen molar-refractivity contribution in [3.63, 3.8) is 0 Å². The van der Waals surface area contributed by atoms with E-state index in [0.717, 1.165) is 0 Å². The summed E-state index contributed by atoms with van der Waals surface area (Å²) in [5.41, 5.74) is 2.13. The number of amides is 2. The highest BCUT2D eigenvalue weighted by molar-refractivity contribution is 5.95. The van der Waals surface area contributed by atoms with Crippen LogP contribution in [0, 0.1) is 17.8 Å². The van der Waals surface area contributed by atoms with Gasteiger partial charge in [0.2, 0.25) is 5.91 Å². The first-order valence-corrected chi connectivity index (χ1v) is 7.73. The van der Waals surface area contributed by atoms with Crippen molar-refractivity contribution in [2.24, 2.45) is 5.92 Å². The molecular formula is C17H21N3O4.